The average molecular weight is 500 g/mol. The van der Waals surface area contributed by atoms with Crippen LogP contribution in [0.2, 0.25) is 18.1 Å². The highest BCUT2D eigenvalue weighted by Crippen LogP contribution is 2.44. The Morgan fingerprint density at radius 2 is 1.68 bits per heavy atom. The lowest BCUT2D eigenvalue weighted by molar-refractivity contribution is 0.124. The van der Waals surface area contributed by atoms with Crippen molar-refractivity contribution in [1.82, 2.24) is 0 Å². The molecule has 0 heterocycles. The molecule has 6 heteroatoms. The van der Waals surface area contributed by atoms with Crippen molar-refractivity contribution < 1.29 is 13.4 Å². The molecule has 0 amide bonds. The summed E-state index contributed by atoms with van der Waals surface area (Å²) in [6, 6.07) is 21.3. The zero-order valence-electron chi connectivity index (χ0n) is 21.5. The van der Waals surface area contributed by atoms with Gasteiger partial charge in [0.25, 0.3) is 0 Å². The quantitative estimate of drug-likeness (QED) is 0.311. The van der Waals surface area contributed by atoms with Gasteiger partial charge in [-0.05, 0) is 67.2 Å². The molecular formula is C28H41NO3SSi. The van der Waals surface area contributed by atoms with Crippen LogP contribution in [0.1, 0.15) is 58.1 Å². The molecule has 186 valence electrons. The minimum Gasteiger partial charge on any atom is -0.497 e. The largest absolute Gasteiger partial charge is 0.497 e. The summed E-state index contributed by atoms with van der Waals surface area (Å²) in [5.74, 6) is 1.05. The van der Waals surface area contributed by atoms with Gasteiger partial charge in [0.2, 0.25) is 0 Å². The van der Waals surface area contributed by atoms with E-state index in [4.69, 9.17) is 9.16 Å². The van der Waals surface area contributed by atoms with Crippen LogP contribution in [-0.2, 0) is 14.2 Å². The third kappa shape index (κ3) is 6.02. The summed E-state index contributed by atoms with van der Waals surface area (Å²) in [7, 11) is -1.14. The molecule has 0 aromatic heterocycles. The second kappa shape index (κ2) is 12.2. The fourth-order valence-corrected chi connectivity index (χ4v) is 9.59. The third-order valence-corrected chi connectivity index (χ3v) is 14.2. The van der Waals surface area contributed by atoms with Crippen LogP contribution in [0.3, 0.4) is 0 Å². The zero-order valence-corrected chi connectivity index (χ0v) is 23.3. The fraction of sp³-hybridized carbons (Fsp3) is 0.500. The molecule has 0 radical (unpaired) electrons. The van der Waals surface area contributed by atoms with Crippen LogP contribution < -0.4 is 4.74 Å². The molecule has 3 atom stereocenters. The van der Waals surface area contributed by atoms with E-state index < -0.39 is 18.0 Å². The van der Waals surface area contributed by atoms with Gasteiger partial charge >= 0.3 is 0 Å². The summed E-state index contributed by atoms with van der Waals surface area (Å²) in [6.45, 7) is 6.83. The van der Waals surface area contributed by atoms with E-state index in [-0.39, 0.29) is 12.0 Å². The highest BCUT2D eigenvalue weighted by atomic mass is 32.2. The summed E-state index contributed by atoms with van der Waals surface area (Å²) < 4.78 is 31.0. The normalized spacial score (nSPS) is 20.5. The van der Waals surface area contributed by atoms with Crippen molar-refractivity contribution in [3.8, 4) is 5.75 Å². The molecular weight excluding hydrogens is 458 g/mol. The van der Waals surface area contributed by atoms with Crippen molar-refractivity contribution in [3.63, 3.8) is 0 Å². The molecule has 1 aliphatic rings. The Hall–Kier alpha value is -1.89. The Bertz CT molecular complexity index is 1050. The summed E-state index contributed by atoms with van der Waals surface area (Å²) in [4.78, 5) is 0.774. The van der Waals surface area contributed by atoms with Crippen molar-refractivity contribution in [2.24, 2.45) is 10.3 Å². The molecule has 2 aromatic carbocycles. The van der Waals surface area contributed by atoms with Gasteiger partial charge in [0, 0.05) is 18.4 Å². The standard InChI is InChI=1S/C28H41NO3SSi/c1-6-34(7-2,8-3)32-28(23-18-20-25(31-5)21-19-23)27-17-13-12-14-24(27)22-33(30,29-4)26-15-10-9-11-16-26/h9-11,15-16,18-22,27-28H,6-8,12-14,17H2,1-5H3/b24-22+/t27?,28-,33?/m0/s1. The molecule has 0 N–H and O–H groups in total. The predicted molar refractivity (Wildman–Crippen MR) is 145 cm³/mol. The molecule has 4 nitrogen and oxygen atoms in total. The fourth-order valence-electron chi connectivity index (χ4n) is 5.05. The van der Waals surface area contributed by atoms with E-state index in [2.05, 4.69) is 37.3 Å². The number of hydrogen-bond donors (Lipinski definition) is 0. The third-order valence-electron chi connectivity index (χ3n) is 7.49. The molecule has 2 unspecified atom stereocenters. The number of benzene rings is 2. The molecule has 0 saturated heterocycles. The highest BCUT2D eigenvalue weighted by Gasteiger charge is 2.38. The van der Waals surface area contributed by atoms with Crippen molar-refractivity contribution in [1.29, 1.82) is 0 Å². The van der Waals surface area contributed by atoms with Gasteiger partial charge in [-0.2, -0.15) is 0 Å². The van der Waals surface area contributed by atoms with Gasteiger partial charge in [-0.25, -0.2) is 8.57 Å². The first-order valence-corrected chi connectivity index (χ1v) is 16.8. The first-order valence-electron chi connectivity index (χ1n) is 12.7. The van der Waals surface area contributed by atoms with E-state index in [9.17, 15) is 4.21 Å². The van der Waals surface area contributed by atoms with Gasteiger partial charge in [0.15, 0.2) is 8.32 Å². The highest BCUT2D eigenvalue weighted by molar-refractivity contribution is 7.96. The van der Waals surface area contributed by atoms with E-state index in [0.717, 1.165) is 54.5 Å². The van der Waals surface area contributed by atoms with Gasteiger partial charge in [-0.3, -0.25) is 0 Å². The van der Waals surface area contributed by atoms with Crippen molar-refractivity contribution >= 4 is 18.0 Å². The van der Waals surface area contributed by atoms with Crippen molar-refractivity contribution in [3.05, 3.63) is 71.1 Å². The number of rotatable bonds is 10. The second-order valence-corrected chi connectivity index (χ2v) is 16.1. The maximum atomic E-state index is 14.0. The van der Waals surface area contributed by atoms with Crippen LogP contribution in [0.25, 0.3) is 0 Å². The lowest BCUT2D eigenvalue weighted by Gasteiger charge is -2.40. The van der Waals surface area contributed by atoms with Crippen LogP contribution in [0.5, 0.6) is 5.75 Å². The molecule has 2 aromatic rings. The molecule has 1 saturated carbocycles. The van der Waals surface area contributed by atoms with Crippen molar-refractivity contribution in [2.45, 2.75) is 75.6 Å². The molecule has 0 bridgehead atoms. The van der Waals surface area contributed by atoms with E-state index in [1.165, 1.54) is 11.1 Å². The van der Waals surface area contributed by atoms with E-state index in [1.54, 1.807) is 14.2 Å². The number of methoxy groups -OCH3 is 1. The predicted octanol–water partition coefficient (Wildman–Crippen LogP) is 7.99. The smallest absolute Gasteiger partial charge is 0.192 e. The molecule has 1 aliphatic carbocycles. The lowest BCUT2D eigenvalue weighted by atomic mass is 9.79. The summed E-state index contributed by atoms with van der Waals surface area (Å²) in [5.41, 5.74) is 2.42. The second-order valence-electron chi connectivity index (χ2n) is 9.16. The van der Waals surface area contributed by atoms with E-state index in [1.807, 2.05) is 47.9 Å². The van der Waals surface area contributed by atoms with Gasteiger partial charge < -0.3 is 9.16 Å². The minimum absolute atomic E-state index is 0.0414. The number of ether oxygens (including phenoxy) is 1. The molecule has 34 heavy (non-hydrogen) atoms. The Balaban J connectivity index is 2.09. The Morgan fingerprint density at radius 1 is 1.03 bits per heavy atom. The monoisotopic (exact) mass is 499 g/mol. The summed E-state index contributed by atoms with van der Waals surface area (Å²) >= 11 is 0. The van der Waals surface area contributed by atoms with E-state index in [0.29, 0.717) is 0 Å². The van der Waals surface area contributed by atoms with Gasteiger partial charge in [0.05, 0.1) is 27.8 Å². The first kappa shape index (κ1) is 26.7. The Labute approximate surface area is 208 Å². The van der Waals surface area contributed by atoms with Gasteiger partial charge in [-0.1, -0.05) is 63.1 Å². The maximum absolute atomic E-state index is 14.0. The topological polar surface area (TPSA) is 47.9 Å². The number of hydrogen-bond acceptors (Lipinski definition) is 4. The van der Waals surface area contributed by atoms with Gasteiger partial charge in [0.1, 0.15) is 5.75 Å². The molecule has 0 spiro atoms. The van der Waals surface area contributed by atoms with Gasteiger partial charge in [-0.15, -0.1) is 0 Å². The summed E-state index contributed by atoms with van der Waals surface area (Å²) in [6.07, 6.45) is 4.22. The minimum atomic E-state index is -2.63. The van der Waals surface area contributed by atoms with Crippen LogP contribution >= 0.6 is 0 Å². The van der Waals surface area contributed by atoms with Crippen molar-refractivity contribution in [2.75, 3.05) is 14.2 Å². The average Bonchev–Trinajstić information content (AvgIpc) is 2.91. The molecule has 1 fully saturated rings. The van der Waals surface area contributed by atoms with Crippen LogP contribution in [0.4, 0.5) is 0 Å². The number of nitrogens with zero attached hydrogens (tertiary/aromatic N) is 1. The van der Waals surface area contributed by atoms with Crippen LogP contribution in [0, 0.1) is 5.92 Å². The SMILES string of the molecule is CC[Si](CC)(CC)O[C@@H](c1ccc(OC)cc1)C1CCCC/C1=C\S(=O)(=NC)c1ccccc1. The van der Waals surface area contributed by atoms with Crippen LogP contribution in [-0.4, -0.2) is 26.7 Å². The Kier molecular flexibility index (Phi) is 9.57. The van der Waals surface area contributed by atoms with Crippen LogP contribution in [0.15, 0.2) is 74.8 Å². The maximum Gasteiger partial charge on any atom is 0.192 e. The summed E-state index contributed by atoms with van der Waals surface area (Å²) in [5, 5.41) is 1.99. The first-order chi connectivity index (χ1) is 16.4. The van der Waals surface area contributed by atoms with E-state index >= 15 is 0 Å². The zero-order chi connectivity index (χ0) is 24.6. The lowest BCUT2D eigenvalue weighted by Crippen LogP contribution is -2.39. The Morgan fingerprint density at radius 3 is 2.24 bits per heavy atom. The molecule has 3 rings (SSSR count). The molecule has 0 aliphatic heterocycles.